The number of aliphatic hydroxyl groups is 1. The third kappa shape index (κ3) is 4.98. The molecular formula is C17H20O. The Kier molecular flexibility index (Phi) is 6.52. The van der Waals surface area contributed by atoms with Gasteiger partial charge in [0.1, 0.15) is 0 Å². The smallest absolute Gasteiger partial charge is 0.0789 e. The third-order valence-electron chi connectivity index (χ3n) is 2.71. The van der Waals surface area contributed by atoms with E-state index in [1.165, 1.54) is 0 Å². The van der Waals surface area contributed by atoms with Gasteiger partial charge in [-0.05, 0) is 12.0 Å². The monoisotopic (exact) mass is 240 g/mol. The SMILES string of the molecule is C=CC=CCC(C=C)C(O)C=Cc1ccccc1. The number of allylic oxidation sites excluding steroid dienone is 3. The lowest BCUT2D eigenvalue weighted by molar-refractivity contribution is 0.179. The van der Waals surface area contributed by atoms with E-state index in [9.17, 15) is 5.11 Å². The lowest BCUT2D eigenvalue weighted by Crippen LogP contribution is -2.14. The topological polar surface area (TPSA) is 20.2 Å². The normalized spacial score (nSPS) is 14.7. The Bertz CT molecular complexity index is 414. The molecule has 0 saturated heterocycles. The molecule has 0 amide bonds. The van der Waals surface area contributed by atoms with Gasteiger partial charge < -0.3 is 5.11 Å². The molecule has 0 aliphatic carbocycles. The molecule has 1 heteroatoms. The molecule has 2 atom stereocenters. The highest BCUT2D eigenvalue weighted by atomic mass is 16.3. The minimum Gasteiger partial charge on any atom is -0.388 e. The summed E-state index contributed by atoms with van der Waals surface area (Å²) in [6, 6.07) is 9.93. The van der Waals surface area contributed by atoms with Gasteiger partial charge in [0.25, 0.3) is 0 Å². The first kappa shape index (κ1) is 14.2. The summed E-state index contributed by atoms with van der Waals surface area (Å²) in [7, 11) is 0. The van der Waals surface area contributed by atoms with Crippen molar-refractivity contribution in [2.24, 2.45) is 5.92 Å². The van der Waals surface area contributed by atoms with Crippen LogP contribution in [0.4, 0.5) is 0 Å². The molecule has 0 radical (unpaired) electrons. The Labute approximate surface area is 109 Å². The predicted molar refractivity (Wildman–Crippen MR) is 79.1 cm³/mol. The van der Waals surface area contributed by atoms with Crippen molar-refractivity contribution >= 4 is 6.08 Å². The second-order valence-electron chi connectivity index (χ2n) is 4.06. The zero-order valence-electron chi connectivity index (χ0n) is 10.6. The molecule has 94 valence electrons. The summed E-state index contributed by atoms with van der Waals surface area (Å²) in [6.07, 6.45) is 11.4. The van der Waals surface area contributed by atoms with Crippen molar-refractivity contribution < 1.29 is 5.11 Å². The fourth-order valence-electron chi connectivity index (χ4n) is 1.62. The lowest BCUT2D eigenvalue weighted by Gasteiger charge is -2.14. The molecule has 2 unspecified atom stereocenters. The summed E-state index contributed by atoms with van der Waals surface area (Å²) in [5, 5.41) is 10.1. The maximum atomic E-state index is 10.1. The summed E-state index contributed by atoms with van der Waals surface area (Å²) >= 11 is 0. The summed E-state index contributed by atoms with van der Waals surface area (Å²) in [6.45, 7) is 7.38. The summed E-state index contributed by atoms with van der Waals surface area (Å²) in [4.78, 5) is 0. The minimum atomic E-state index is -0.517. The maximum Gasteiger partial charge on any atom is 0.0789 e. The molecule has 0 bridgehead atoms. The van der Waals surface area contributed by atoms with Crippen LogP contribution in [0.15, 0.2) is 73.9 Å². The molecular weight excluding hydrogens is 220 g/mol. The van der Waals surface area contributed by atoms with Crippen LogP contribution in [-0.2, 0) is 0 Å². The van der Waals surface area contributed by atoms with Crippen LogP contribution < -0.4 is 0 Å². The molecule has 0 saturated carbocycles. The highest BCUT2D eigenvalue weighted by Crippen LogP contribution is 2.14. The Morgan fingerprint density at radius 3 is 2.50 bits per heavy atom. The third-order valence-corrected chi connectivity index (χ3v) is 2.71. The minimum absolute atomic E-state index is 0.0289. The van der Waals surface area contributed by atoms with Gasteiger partial charge in [-0.2, -0.15) is 0 Å². The average molecular weight is 240 g/mol. The van der Waals surface area contributed by atoms with Crippen molar-refractivity contribution in [3.63, 3.8) is 0 Å². The lowest BCUT2D eigenvalue weighted by atomic mass is 9.97. The zero-order valence-corrected chi connectivity index (χ0v) is 10.6. The van der Waals surface area contributed by atoms with Gasteiger partial charge >= 0.3 is 0 Å². The van der Waals surface area contributed by atoms with Gasteiger partial charge in [0.05, 0.1) is 6.10 Å². The van der Waals surface area contributed by atoms with Crippen LogP contribution in [0.25, 0.3) is 6.08 Å². The molecule has 1 rings (SSSR count). The standard InChI is InChI=1S/C17H20O/c1-3-5-7-12-16(4-2)17(18)14-13-15-10-8-6-9-11-15/h3-11,13-14,16-18H,1-2,12H2. The molecule has 0 spiro atoms. The molecule has 0 aliphatic heterocycles. The van der Waals surface area contributed by atoms with E-state index in [-0.39, 0.29) is 5.92 Å². The van der Waals surface area contributed by atoms with Crippen molar-refractivity contribution in [3.05, 3.63) is 79.4 Å². The summed E-state index contributed by atoms with van der Waals surface area (Å²) < 4.78 is 0. The Morgan fingerprint density at radius 1 is 1.17 bits per heavy atom. The van der Waals surface area contributed by atoms with E-state index in [0.717, 1.165) is 12.0 Å². The van der Waals surface area contributed by atoms with Crippen LogP contribution in [0.2, 0.25) is 0 Å². The zero-order chi connectivity index (χ0) is 13.2. The van der Waals surface area contributed by atoms with E-state index in [1.807, 2.05) is 54.6 Å². The van der Waals surface area contributed by atoms with E-state index in [0.29, 0.717) is 0 Å². The Hall–Kier alpha value is -1.86. The number of benzene rings is 1. The highest BCUT2D eigenvalue weighted by Gasteiger charge is 2.10. The van der Waals surface area contributed by atoms with Gasteiger partial charge in [0.15, 0.2) is 0 Å². The molecule has 0 fully saturated rings. The second kappa shape index (κ2) is 8.26. The molecule has 18 heavy (non-hydrogen) atoms. The van der Waals surface area contributed by atoms with Crippen LogP contribution in [0.1, 0.15) is 12.0 Å². The number of hydrogen-bond donors (Lipinski definition) is 1. The summed E-state index contributed by atoms with van der Waals surface area (Å²) in [5.74, 6) is 0.0289. The molecule has 1 N–H and O–H groups in total. The Balaban J connectivity index is 2.59. The predicted octanol–water partition coefficient (Wildman–Crippen LogP) is 4.00. The van der Waals surface area contributed by atoms with Crippen molar-refractivity contribution in [2.45, 2.75) is 12.5 Å². The molecule has 0 aromatic heterocycles. The number of aliphatic hydroxyl groups excluding tert-OH is 1. The van der Waals surface area contributed by atoms with Gasteiger partial charge in [-0.3, -0.25) is 0 Å². The van der Waals surface area contributed by atoms with E-state index in [4.69, 9.17) is 0 Å². The molecule has 0 heterocycles. The van der Waals surface area contributed by atoms with Crippen LogP contribution in [0.5, 0.6) is 0 Å². The van der Waals surface area contributed by atoms with Gasteiger partial charge in [0, 0.05) is 5.92 Å². The van der Waals surface area contributed by atoms with E-state index < -0.39 is 6.10 Å². The Morgan fingerprint density at radius 2 is 1.89 bits per heavy atom. The van der Waals surface area contributed by atoms with Crippen molar-refractivity contribution in [2.75, 3.05) is 0 Å². The molecule has 1 aromatic rings. The van der Waals surface area contributed by atoms with Crippen LogP contribution >= 0.6 is 0 Å². The number of hydrogen-bond acceptors (Lipinski definition) is 1. The fraction of sp³-hybridized carbons (Fsp3) is 0.176. The van der Waals surface area contributed by atoms with Gasteiger partial charge in [-0.15, -0.1) is 6.58 Å². The van der Waals surface area contributed by atoms with Crippen LogP contribution in [0, 0.1) is 5.92 Å². The second-order valence-corrected chi connectivity index (χ2v) is 4.06. The highest BCUT2D eigenvalue weighted by molar-refractivity contribution is 5.49. The van der Waals surface area contributed by atoms with E-state index in [2.05, 4.69) is 13.2 Å². The van der Waals surface area contributed by atoms with E-state index in [1.54, 1.807) is 12.2 Å². The molecule has 0 aliphatic rings. The average Bonchev–Trinajstić information content (AvgIpc) is 2.42. The van der Waals surface area contributed by atoms with Crippen LogP contribution in [0.3, 0.4) is 0 Å². The van der Waals surface area contributed by atoms with Crippen molar-refractivity contribution in [1.82, 2.24) is 0 Å². The van der Waals surface area contributed by atoms with E-state index >= 15 is 0 Å². The van der Waals surface area contributed by atoms with Gasteiger partial charge in [-0.1, -0.05) is 73.4 Å². The van der Waals surface area contributed by atoms with Gasteiger partial charge in [-0.25, -0.2) is 0 Å². The van der Waals surface area contributed by atoms with Gasteiger partial charge in [0.2, 0.25) is 0 Å². The first-order valence-electron chi connectivity index (χ1n) is 6.09. The first-order chi connectivity index (χ1) is 8.77. The first-order valence-corrected chi connectivity index (χ1v) is 6.09. The fourth-order valence-corrected chi connectivity index (χ4v) is 1.62. The van der Waals surface area contributed by atoms with Crippen LogP contribution in [-0.4, -0.2) is 11.2 Å². The summed E-state index contributed by atoms with van der Waals surface area (Å²) in [5.41, 5.74) is 1.08. The number of rotatable bonds is 7. The maximum absolute atomic E-state index is 10.1. The quantitative estimate of drug-likeness (QED) is 0.564. The largest absolute Gasteiger partial charge is 0.388 e. The van der Waals surface area contributed by atoms with Crippen molar-refractivity contribution in [3.8, 4) is 0 Å². The molecule has 1 aromatic carbocycles. The molecule has 1 nitrogen and oxygen atoms in total. The van der Waals surface area contributed by atoms with Crippen molar-refractivity contribution in [1.29, 1.82) is 0 Å².